The van der Waals surface area contributed by atoms with Gasteiger partial charge in [-0.25, -0.2) is 10.8 Å². The van der Waals surface area contributed by atoms with Crippen LogP contribution in [0.25, 0.3) is 0 Å². The Hall–Kier alpha value is -0.980. The zero-order valence-electron chi connectivity index (χ0n) is 11.9. The van der Waals surface area contributed by atoms with Crippen molar-refractivity contribution in [3.8, 4) is 0 Å². The molecule has 2 fully saturated rings. The molecule has 6 heteroatoms. The van der Waals surface area contributed by atoms with Crippen LogP contribution in [0, 0.1) is 5.92 Å². The van der Waals surface area contributed by atoms with E-state index in [0.29, 0.717) is 5.92 Å². The van der Waals surface area contributed by atoms with Gasteiger partial charge in [0.25, 0.3) is 5.91 Å². The second kappa shape index (κ2) is 5.79. The molecule has 3 N–H and O–H groups in total. The number of nitrogens with zero attached hydrogens (tertiary/aromatic N) is 2. The molecule has 20 heavy (non-hydrogen) atoms. The van der Waals surface area contributed by atoms with E-state index in [1.807, 2.05) is 0 Å². The summed E-state index contributed by atoms with van der Waals surface area (Å²) in [5.41, 5.74) is 3.22. The van der Waals surface area contributed by atoms with Crippen molar-refractivity contribution >= 4 is 17.2 Å². The molecule has 5 nitrogen and oxygen atoms in total. The van der Waals surface area contributed by atoms with Gasteiger partial charge in [-0.15, -0.1) is 11.3 Å². The van der Waals surface area contributed by atoms with Crippen LogP contribution >= 0.6 is 11.3 Å². The zero-order valence-corrected chi connectivity index (χ0v) is 12.7. The first kappa shape index (κ1) is 14.0. The van der Waals surface area contributed by atoms with Gasteiger partial charge in [0.1, 0.15) is 9.88 Å². The molecule has 1 aliphatic heterocycles. The van der Waals surface area contributed by atoms with Gasteiger partial charge in [-0.2, -0.15) is 0 Å². The maximum absolute atomic E-state index is 11.8. The third-order valence-corrected chi connectivity index (χ3v) is 5.29. The summed E-state index contributed by atoms with van der Waals surface area (Å²) in [4.78, 5) is 19.7. The smallest absolute Gasteiger partial charge is 0.277 e. The number of likely N-dealkylation sites (tertiary alicyclic amines) is 1. The highest BCUT2D eigenvalue weighted by Gasteiger charge is 2.32. The number of nitrogens with two attached hydrogens (primary N) is 1. The summed E-state index contributed by atoms with van der Waals surface area (Å²) in [7, 11) is 0. The first-order chi connectivity index (χ1) is 9.67. The number of nitrogens with one attached hydrogen (secondary N) is 1. The average molecular weight is 294 g/mol. The topological polar surface area (TPSA) is 71.2 Å². The van der Waals surface area contributed by atoms with Crippen molar-refractivity contribution in [3.05, 3.63) is 15.6 Å². The van der Waals surface area contributed by atoms with Crippen molar-refractivity contribution in [3.63, 3.8) is 0 Å². The van der Waals surface area contributed by atoms with Gasteiger partial charge in [0.15, 0.2) is 0 Å². The maximum atomic E-state index is 11.8. The van der Waals surface area contributed by atoms with Crippen molar-refractivity contribution in [2.75, 3.05) is 13.1 Å². The van der Waals surface area contributed by atoms with E-state index in [4.69, 9.17) is 10.8 Å². The van der Waals surface area contributed by atoms with Gasteiger partial charge >= 0.3 is 0 Å². The fourth-order valence-electron chi connectivity index (χ4n) is 2.72. The van der Waals surface area contributed by atoms with Crippen LogP contribution in [-0.4, -0.2) is 28.9 Å². The van der Waals surface area contributed by atoms with E-state index in [2.05, 4.69) is 17.2 Å². The Bertz CT molecular complexity index is 489. The Kier molecular flexibility index (Phi) is 4.05. The molecule has 1 aliphatic carbocycles. The van der Waals surface area contributed by atoms with E-state index in [0.717, 1.165) is 54.0 Å². The quantitative estimate of drug-likeness (QED) is 0.505. The van der Waals surface area contributed by atoms with Crippen molar-refractivity contribution in [2.24, 2.45) is 11.8 Å². The predicted molar refractivity (Wildman–Crippen MR) is 79.4 cm³/mol. The first-order valence-electron chi connectivity index (χ1n) is 7.40. The van der Waals surface area contributed by atoms with E-state index in [-0.39, 0.29) is 5.91 Å². The lowest BCUT2D eigenvalue weighted by Crippen LogP contribution is -2.32. The van der Waals surface area contributed by atoms with E-state index in [9.17, 15) is 4.79 Å². The molecule has 2 aliphatic rings. The number of carbonyl (C=O) groups excluding carboxylic acids is 1. The Morgan fingerprint density at radius 3 is 2.70 bits per heavy atom. The molecular formula is C14H22N4OS. The number of hydrogen-bond acceptors (Lipinski definition) is 5. The van der Waals surface area contributed by atoms with Crippen molar-refractivity contribution < 1.29 is 4.79 Å². The van der Waals surface area contributed by atoms with E-state index < -0.39 is 0 Å². The largest absolute Gasteiger partial charge is 0.297 e. The molecule has 0 bridgehead atoms. The number of aromatic nitrogens is 1. The van der Waals surface area contributed by atoms with Gasteiger partial charge in [-0.1, -0.05) is 6.92 Å². The third kappa shape index (κ3) is 3.02. The number of amides is 1. The maximum Gasteiger partial charge on any atom is 0.277 e. The van der Waals surface area contributed by atoms with Gasteiger partial charge < -0.3 is 0 Å². The molecule has 0 spiro atoms. The fourth-order valence-corrected chi connectivity index (χ4v) is 3.81. The molecule has 0 aromatic carbocycles. The number of carbonyl (C=O) groups is 1. The van der Waals surface area contributed by atoms with Gasteiger partial charge in [0.05, 0.1) is 12.2 Å². The van der Waals surface area contributed by atoms with Crippen LogP contribution in [0.4, 0.5) is 0 Å². The number of nitrogen functional groups attached to an aromatic ring is 1. The van der Waals surface area contributed by atoms with E-state index >= 15 is 0 Å². The lowest BCUT2D eigenvalue weighted by atomic mass is 9.99. The molecule has 1 saturated heterocycles. The number of rotatable bonds is 4. The minimum atomic E-state index is -0.192. The zero-order chi connectivity index (χ0) is 14.1. The van der Waals surface area contributed by atoms with Crippen molar-refractivity contribution in [1.29, 1.82) is 0 Å². The second-order valence-electron chi connectivity index (χ2n) is 6.03. The molecule has 3 rings (SSSR count). The molecule has 0 radical (unpaired) electrons. The van der Waals surface area contributed by atoms with Crippen LogP contribution in [0.1, 0.15) is 58.9 Å². The number of piperidine rings is 1. The summed E-state index contributed by atoms with van der Waals surface area (Å²) in [5.74, 6) is 6.40. The summed E-state index contributed by atoms with van der Waals surface area (Å²) >= 11 is 1.51. The summed E-state index contributed by atoms with van der Waals surface area (Å²) in [5, 5.41) is 1.06. The molecule has 1 saturated carbocycles. The van der Waals surface area contributed by atoms with Crippen LogP contribution in [-0.2, 0) is 6.54 Å². The van der Waals surface area contributed by atoms with Gasteiger partial charge in [-0.05, 0) is 44.7 Å². The van der Waals surface area contributed by atoms with E-state index in [1.165, 1.54) is 24.2 Å². The SMILES string of the molecule is CC1CCN(Cc2nc(C3CC3)c(C(=O)NN)s2)CC1. The normalized spacial score (nSPS) is 21.1. The lowest BCUT2D eigenvalue weighted by Gasteiger charge is -2.29. The molecule has 1 aromatic heterocycles. The number of thiazole rings is 1. The number of hydrogen-bond donors (Lipinski definition) is 2. The summed E-state index contributed by atoms with van der Waals surface area (Å²) in [6, 6.07) is 0. The van der Waals surface area contributed by atoms with Crippen LogP contribution in [0.3, 0.4) is 0 Å². The average Bonchev–Trinajstić information content (AvgIpc) is 3.22. The summed E-state index contributed by atoms with van der Waals surface area (Å²) in [6.45, 7) is 5.46. The lowest BCUT2D eigenvalue weighted by molar-refractivity contribution is 0.0956. The molecule has 2 heterocycles. The standard InChI is InChI=1S/C14H22N4OS/c1-9-4-6-18(7-5-9)8-11-16-12(10-2-3-10)13(20-11)14(19)17-15/h9-10H,2-8,15H2,1H3,(H,17,19). The summed E-state index contributed by atoms with van der Waals surface area (Å²) in [6.07, 6.45) is 4.82. The predicted octanol–water partition coefficient (Wildman–Crippen LogP) is 1.86. The highest BCUT2D eigenvalue weighted by atomic mass is 32.1. The highest BCUT2D eigenvalue weighted by molar-refractivity contribution is 7.13. The minimum Gasteiger partial charge on any atom is -0.297 e. The molecule has 0 atom stereocenters. The monoisotopic (exact) mass is 294 g/mol. The highest BCUT2D eigenvalue weighted by Crippen LogP contribution is 2.42. The number of hydrazine groups is 1. The molecular weight excluding hydrogens is 272 g/mol. The van der Waals surface area contributed by atoms with Crippen LogP contribution in [0.15, 0.2) is 0 Å². The van der Waals surface area contributed by atoms with Crippen molar-refractivity contribution in [2.45, 2.75) is 45.1 Å². The second-order valence-corrected chi connectivity index (χ2v) is 7.11. The van der Waals surface area contributed by atoms with Gasteiger partial charge in [0, 0.05) is 5.92 Å². The van der Waals surface area contributed by atoms with Crippen LogP contribution in [0.2, 0.25) is 0 Å². The fraction of sp³-hybridized carbons (Fsp3) is 0.714. The molecule has 110 valence electrons. The Labute approximate surface area is 123 Å². The molecule has 1 aromatic rings. The Morgan fingerprint density at radius 2 is 2.10 bits per heavy atom. The van der Waals surface area contributed by atoms with E-state index in [1.54, 1.807) is 0 Å². The van der Waals surface area contributed by atoms with Gasteiger partial charge in [0.2, 0.25) is 0 Å². The third-order valence-electron chi connectivity index (χ3n) is 4.23. The summed E-state index contributed by atoms with van der Waals surface area (Å²) < 4.78 is 0. The van der Waals surface area contributed by atoms with Gasteiger partial charge in [-0.3, -0.25) is 15.1 Å². The Balaban J connectivity index is 1.71. The Morgan fingerprint density at radius 1 is 1.40 bits per heavy atom. The van der Waals surface area contributed by atoms with Crippen molar-refractivity contribution in [1.82, 2.24) is 15.3 Å². The van der Waals surface area contributed by atoms with Crippen LogP contribution in [0.5, 0.6) is 0 Å². The first-order valence-corrected chi connectivity index (χ1v) is 8.22. The van der Waals surface area contributed by atoms with Crippen LogP contribution < -0.4 is 11.3 Å². The molecule has 1 amide bonds. The minimum absolute atomic E-state index is 0.192. The molecule has 0 unspecified atom stereocenters.